The Balaban J connectivity index is 2.03. The molecule has 0 fully saturated rings. The maximum Gasteiger partial charge on any atom is 0.408 e. The standard InChI is InChI=1S/C31H38N2O6/c1-20(2)27(33-30(37)39-19-22-14-10-7-11-15-22)28(26-24(34)17-31(3,4)18-25(26)35)32-23(29(36)38-5)16-21-12-8-6-9-13-21/h6-15,20,23,27,34H,16-19H2,1-5H3,(H,33,37)/t23-,27?/m0/s1. The van der Waals surface area contributed by atoms with Crippen LogP contribution in [0.25, 0.3) is 0 Å². The van der Waals surface area contributed by atoms with Gasteiger partial charge in [-0.3, -0.25) is 9.79 Å². The fourth-order valence-electron chi connectivity index (χ4n) is 4.64. The number of rotatable bonds is 10. The van der Waals surface area contributed by atoms with E-state index in [1.54, 1.807) is 0 Å². The molecule has 0 bridgehead atoms. The lowest BCUT2D eigenvalue weighted by atomic mass is 9.74. The molecule has 0 aliphatic heterocycles. The van der Waals surface area contributed by atoms with Gasteiger partial charge in [0, 0.05) is 19.3 Å². The van der Waals surface area contributed by atoms with E-state index < -0.39 is 29.6 Å². The number of aliphatic hydroxyl groups is 1. The Kier molecular flexibility index (Phi) is 10.0. The molecule has 2 aromatic rings. The first kappa shape index (κ1) is 29.6. The summed E-state index contributed by atoms with van der Waals surface area (Å²) in [5, 5.41) is 13.9. The van der Waals surface area contributed by atoms with Crippen LogP contribution in [0.5, 0.6) is 0 Å². The first-order valence-electron chi connectivity index (χ1n) is 13.1. The van der Waals surface area contributed by atoms with Gasteiger partial charge in [-0.15, -0.1) is 0 Å². The number of Topliss-reactive ketones (excluding diaryl/α,β-unsaturated/α-hetero) is 1. The van der Waals surface area contributed by atoms with Gasteiger partial charge in [-0.2, -0.15) is 0 Å². The van der Waals surface area contributed by atoms with Crippen molar-refractivity contribution in [2.24, 2.45) is 16.3 Å². The lowest BCUT2D eigenvalue weighted by Gasteiger charge is -2.33. The van der Waals surface area contributed by atoms with Gasteiger partial charge in [-0.05, 0) is 22.5 Å². The number of nitrogens with one attached hydrogen (secondary N) is 1. The van der Waals surface area contributed by atoms with Crippen molar-refractivity contribution in [2.75, 3.05) is 7.11 Å². The highest BCUT2D eigenvalue weighted by molar-refractivity contribution is 6.25. The molecule has 2 aromatic carbocycles. The van der Waals surface area contributed by atoms with Crippen LogP contribution in [0.2, 0.25) is 0 Å². The van der Waals surface area contributed by atoms with Crippen LogP contribution in [0.15, 0.2) is 77.0 Å². The third kappa shape index (κ3) is 8.27. The average molecular weight is 535 g/mol. The van der Waals surface area contributed by atoms with Crippen molar-refractivity contribution in [1.29, 1.82) is 0 Å². The van der Waals surface area contributed by atoms with Crippen LogP contribution >= 0.6 is 0 Å². The molecule has 0 saturated carbocycles. The van der Waals surface area contributed by atoms with Crippen LogP contribution in [-0.4, -0.2) is 47.9 Å². The van der Waals surface area contributed by atoms with Gasteiger partial charge in [0.15, 0.2) is 11.8 Å². The van der Waals surface area contributed by atoms with Gasteiger partial charge < -0.3 is 19.9 Å². The lowest BCUT2D eigenvalue weighted by molar-refractivity contribution is -0.142. The number of nitrogens with zero attached hydrogens (tertiary/aromatic N) is 1. The number of ketones is 1. The van der Waals surface area contributed by atoms with Crippen LogP contribution in [0.4, 0.5) is 4.79 Å². The molecular formula is C31H38N2O6. The van der Waals surface area contributed by atoms with E-state index in [9.17, 15) is 19.5 Å². The second kappa shape index (κ2) is 13.2. The summed E-state index contributed by atoms with van der Waals surface area (Å²) in [6.07, 6.45) is -0.0334. The number of methoxy groups -OCH3 is 1. The number of aliphatic imine (C=N–C) groups is 1. The highest BCUT2D eigenvalue weighted by Crippen LogP contribution is 2.37. The fourth-order valence-corrected chi connectivity index (χ4v) is 4.64. The second-order valence-electron chi connectivity index (χ2n) is 10.9. The molecule has 0 spiro atoms. The van der Waals surface area contributed by atoms with Gasteiger partial charge in [-0.1, -0.05) is 88.4 Å². The molecule has 208 valence electrons. The number of carbonyl (C=O) groups is 3. The number of esters is 1. The largest absolute Gasteiger partial charge is 0.511 e. The summed E-state index contributed by atoms with van der Waals surface area (Å²) < 4.78 is 10.5. The Morgan fingerprint density at radius 2 is 1.59 bits per heavy atom. The molecule has 0 radical (unpaired) electrons. The van der Waals surface area contributed by atoms with Crippen molar-refractivity contribution in [3.8, 4) is 0 Å². The SMILES string of the molecule is COC(=O)[C@H](Cc1ccccc1)N=C(C1=C(O)CC(C)(C)CC1=O)C(NC(=O)OCc1ccccc1)C(C)C. The van der Waals surface area contributed by atoms with Gasteiger partial charge in [-0.25, -0.2) is 9.59 Å². The van der Waals surface area contributed by atoms with E-state index in [-0.39, 0.29) is 54.6 Å². The minimum atomic E-state index is -1.00. The fraction of sp³-hybridized carbons (Fsp3) is 0.419. The Morgan fingerprint density at radius 1 is 1.00 bits per heavy atom. The molecule has 1 aliphatic carbocycles. The quantitative estimate of drug-likeness (QED) is 0.313. The molecule has 2 atom stereocenters. The zero-order valence-electron chi connectivity index (χ0n) is 23.3. The average Bonchev–Trinajstić information content (AvgIpc) is 2.89. The van der Waals surface area contributed by atoms with Gasteiger partial charge >= 0.3 is 12.1 Å². The van der Waals surface area contributed by atoms with E-state index in [0.717, 1.165) is 11.1 Å². The number of aliphatic hydroxyl groups excluding tert-OH is 1. The van der Waals surface area contributed by atoms with Crippen LogP contribution in [0.1, 0.15) is 51.7 Å². The van der Waals surface area contributed by atoms with Gasteiger partial charge in [0.25, 0.3) is 0 Å². The van der Waals surface area contributed by atoms with E-state index >= 15 is 0 Å². The number of carbonyl (C=O) groups excluding carboxylic acids is 3. The topological polar surface area (TPSA) is 114 Å². The van der Waals surface area contributed by atoms with Crippen LogP contribution in [0, 0.1) is 11.3 Å². The monoisotopic (exact) mass is 534 g/mol. The molecule has 0 saturated heterocycles. The van der Waals surface area contributed by atoms with Crippen molar-refractivity contribution in [1.82, 2.24) is 5.32 Å². The van der Waals surface area contributed by atoms with Crippen LogP contribution in [-0.2, 0) is 32.1 Å². The van der Waals surface area contributed by atoms with E-state index in [4.69, 9.17) is 14.5 Å². The van der Waals surface area contributed by atoms with Gasteiger partial charge in [0.1, 0.15) is 12.4 Å². The predicted octanol–water partition coefficient (Wildman–Crippen LogP) is 5.36. The van der Waals surface area contributed by atoms with Crippen molar-refractivity contribution in [3.05, 3.63) is 83.1 Å². The summed E-state index contributed by atoms with van der Waals surface area (Å²) in [6.45, 7) is 7.58. The number of ether oxygens (including phenoxy) is 2. The summed E-state index contributed by atoms with van der Waals surface area (Å²) >= 11 is 0. The van der Waals surface area contributed by atoms with Crippen molar-refractivity contribution in [2.45, 2.75) is 65.6 Å². The molecule has 3 rings (SSSR count). The number of benzene rings is 2. The Bertz CT molecular complexity index is 1220. The van der Waals surface area contributed by atoms with Gasteiger partial charge in [0.05, 0.1) is 24.4 Å². The Labute approximate surface area is 230 Å². The van der Waals surface area contributed by atoms with E-state index in [2.05, 4.69) is 5.32 Å². The molecule has 0 heterocycles. The molecule has 8 nitrogen and oxygen atoms in total. The molecule has 1 aliphatic rings. The summed E-state index contributed by atoms with van der Waals surface area (Å²) in [5.74, 6) is -1.25. The van der Waals surface area contributed by atoms with Crippen LogP contribution in [0.3, 0.4) is 0 Å². The summed E-state index contributed by atoms with van der Waals surface area (Å²) in [7, 11) is 1.28. The second-order valence-corrected chi connectivity index (χ2v) is 10.9. The Hall–Kier alpha value is -3.94. The number of amides is 1. The smallest absolute Gasteiger partial charge is 0.408 e. The zero-order chi connectivity index (χ0) is 28.6. The maximum atomic E-state index is 13.4. The maximum absolute atomic E-state index is 13.4. The molecule has 39 heavy (non-hydrogen) atoms. The van der Waals surface area contributed by atoms with Crippen molar-refractivity contribution in [3.63, 3.8) is 0 Å². The molecule has 0 aromatic heterocycles. The van der Waals surface area contributed by atoms with Gasteiger partial charge in [0.2, 0.25) is 0 Å². The van der Waals surface area contributed by atoms with Crippen molar-refractivity contribution < 1.29 is 29.0 Å². The third-order valence-corrected chi connectivity index (χ3v) is 6.60. The number of hydrogen-bond donors (Lipinski definition) is 2. The molecule has 1 amide bonds. The number of alkyl carbamates (subject to hydrolysis) is 1. The lowest BCUT2D eigenvalue weighted by Crippen LogP contribution is -2.48. The molecule has 2 N–H and O–H groups in total. The minimum absolute atomic E-state index is 0.0401. The predicted molar refractivity (Wildman–Crippen MR) is 149 cm³/mol. The summed E-state index contributed by atoms with van der Waals surface area (Å²) in [6, 6.07) is 16.8. The first-order valence-corrected chi connectivity index (χ1v) is 13.1. The number of allylic oxidation sites excluding steroid dienone is 1. The summed E-state index contributed by atoms with van der Waals surface area (Å²) in [4.78, 5) is 43.9. The first-order chi connectivity index (χ1) is 18.5. The molecule has 1 unspecified atom stereocenters. The summed E-state index contributed by atoms with van der Waals surface area (Å²) in [5.41, 5.74) is 1.42. The van der Waals surface area contributed by atoms with E-state index in [0.29, 0.717) is 0 Å². The highest BCUT2D eigenvalue weighted by Gasteiger charge is 2.39. The third-order valence-electron chi connectivity index (χ3n) is 6.60. The normalized spacial score (nSPS) is 17.0. The number of hydrogen-bond acceptors (Lipinski definition) is 7. The minimum Gasteiger partial charge on any atom is -0.511 e. The molecular weight excluding hydrogens is 496 g/mol. The zero-order valence-corrected chi connectivity index (χ0v) is 23.3. The molecule has 8 heteroatoms. The van der Waals surface area contributed by atoms with Crippen molar-refractivity contribution >= 4 is 23.6 Å². The van der Waals surface area contributed by atoms with E-state index in [1.807, 2.05) is 88.4 Å². The van der Waals surface area contributed by atoms with Crippen LogP contribution < -0.4 is 5.32 Å². The van der Waals surface area contributed by atoms with E-state index in [1.165, 1.54) is 7.11 Å². The highest BCUT2D eigenvalue weighted by atomic mass is 16.5. The Morgan fingerprint density at radius 3 is 2.13 bits per heavy atom.